The molecule has 0 spiro atoms. The van der Waals surface area contributed by atoms with Gasteiger partial charge in [0.25, 0.3) is 0 Å². The molecule has 0 heterocycles. The van der Waals surface area contributed by atoms with Crippen molar-refractivity contribution in [1.29, 1.82) is 0 Å². The Morgan fingerprint density at radius 2 is 1.00 bits per heavy atom. The van der Waals surface area contributed by atoms with Crippen molar-refractivity contribution < 1.29 is 9.90 Å². The molecule has 0 aliphatic heterocycles. The van der Waals surface area contributed by atoms with E-state index in [1.54, 1.807) is 0 Å². The number of carbonyl (C=O) groups is 1. The van der Waals surface area contributed by atoms with Crippen LogP contribution in [0.15, 0.2) is 0 Å². The van der Waals surface area contributed by atoms with E-state index in [4.69, 9.17) is 5.11 Å². The minimum absolute atomic E-state index is 0. The van der Waals surface area contributed by atoms with E-state index < -0.39 is 5.97 Å². The van der Waals surface area contributed by atoms with Gasteiger partial charge < -0.3 is 5.11 Å². The van der Waals surface area contributed by atoms with Gasteiger partial charge in [0.05, 0.1) is 0 Å². The van der Waals surface area contributed by atoms with Crippen LogP contribution < -0.4 is 0 Å². The second kappa shape index (κ2) is 17.5. The molecule has 0 aromatic rings. The van der Waals surface area contributed by atoms with E-state index >= 15 is 0 Å². The summed E-state index contributed by atoms with van der Waals surface area (Å²) in [7, 11) is 0. The molecule has 0 rings (SSSR count). The third-order valence-electron chi connectivity index (χ3n) is 3.49. The van der Waals surface area contributed by atoms with Crippen LogP contribution in [-0.4, -0.2) is 19.5 Å². The Morgan fingerprint density at radius 3 is 1.32 bits per heavy atom. The molecule has 0 bridgehead atoms. The second-order valence-corrected chi connectivity index (χ2v) is 5.39. The van der Waals surface area contributed by atoms with Crippen LogP contribution >= 0.6 is 0 Å². The number of unbranched alkanes of at least 4 members (excludes halogenated alkanes) is 12. The topological polar surface area (TPSA) is 37.3 Å². The maximum absolute atomic E-state index is 10.3. The van der Waals surface area contributed by atoms with E-state index in [9.17, 15) is 4.79 Å². The molecule has 0 aliphatic carbocycles. The lowest BCUT2D eigenvalue weighted by Crippen LogP contribution is -1.93. The molecule has 1 N–H and O–H groups in total. The van der Waals surface area contributed by atoms with Gasteiger partial charge >= 0.3 is 5.97 Å². The minimum Gasteiger partial charge on any atom is -0.481 e. The van der Waals surface area contributed by atoms with Crippen LogP contribution in [0.1, 0.15) is 96.8 Å². The summed E-state index contributed by atoms with van der Waals surface area (Å²) in [5.74, 6) is -0.655. The van der Waals surface area contributed by atoms with Gasteiger partial charge in [-0.25, -0.2) is 0 Å². The highest BCUT2D eigenvalue weighted by molar-refractivity contribution is 5.75. The van der Waals surface area contributed by atoms with Crippen molar-refractivity contribution in [3.8, 4) is 0 Å². The minimum atomic E-state index is -0.655. The highest BCUT2D eigenvalue weighted by Gasteiger charge is 1.96. The third-order valence-corrected chi connectivity index (χ3v) is 3.49. The zero-order valence-electron chi connectivity index (χ0n) is 12.8. The Bertz CT molecular complexity index is 184. The largest absolute Gasteiger partial charge is 0.481 e. The Balaban J connectivity index is 0. The van der Waals surface area contributed by atoms with E-state index in [0.717, 1.165) is 12.8 Å². The van der Waals surface area contributed by atoms with Crippen LogP contribution in [-0.2, 0) is 4.79 Å². The molecule has 3 heteroatoms. The number of carboxylic acid groups (broad SMARTS) is 1. The first-order chi connectivity index (χ1) is 8.77. The van der Waals surface area contributed by atoms with Gasteiger partial charge in [-0.05, 0) is 6.42 Å². The zero-order valence-corrected chi connectivity index (χ0v) is 12.8. The molecule has 0 atom stereocenters. The molecular formula is C16H32BO2. The molecular weight excluding hydrogens is 235 g/mol. The third kappa shape index (κ3) is 20.0. The molecule has 0 amide bonds. The van der Waals surface area contributed by atoms with Gasteiger partial charge in [-0.2, -0.15) is 0 Å². The predicted octanol–water partition coefficient (Wildman–Crippen LogP) is 5.17. The summed E-state index contributed by atoms with van der Waals surface area (Å²) in [6.07, 6.45) is 17.3. The maximum Gasteiger partial charge on any atom is 0.303 e. The molecule has 2 nitrogen and oxygen atoms in total. The molecule has 0 aromatic heterocycles. The Hall–Kier alpha value is -0.465. The molecule has 19 heavy (non-hydrogen) atoms. The van der Waals surface area contributed by atoms with Crippen molar-refractivity contribution in [3.05, 3.63) is 0 Å². The number of rotatable bonds is 14. The lowest BCUT2D eigenvalue weighted by molar-refractivity contribution is -0.137. The van der Waals surface area contributed by atoms with Crippen molar-refractivity contribution >= 4 is 14.4 Å². The molecule has 0 fully saturated rings. The fourth-order valence-corrected chi connectivity index (χ4v) is 2.29. The van der Waals surface area contributed by atoms with Crippen LogP contribution in [0.5, 0.6) is 0 Å². The molecule has 3 radical (unpaired) electrons. The summed E-state index contributed by atoms with van der Waals surface area (Å²) in [5, 5.41) is 8.49. The maximum atomic E-state index is 10.3. The van der Waals surface area contributed by atoms with Crippen molar-refractivity contribution in [2.45, 2.75) is 96.8 Å². The average Bonchev–Trinajstić information content (AvgIpc) is 2.34. The van der Waals surface area contributed by atoms with Crippen molar-refractivity contribution in [2.75, 3.05) is 0 Å². The first-order valence-corrected chi connectivity index (χ1v) is 7.99. The van der Waals surface area contributed by atoms with Gasteiger partial charge in [-0.1, -0.05) is 84.0 Å². The van der Waals surface area contributed by atoms with E-state index in [2.05, 4.69) is 6.92 Å². The van der Waals surface area contributed by atoms with E-state index in [1.807, 2.05) is 0 Å². The van der Waals surface area contributed by atoms with E-state index in [0.29, 0.717) is 6.42 Å². The van der Waals surface area contributed by atoms with Crippen molar-refractivity contribution in [1.82, 2.24) is 0 Å². The highest BCUT2D eigenvalue weighted by atomic mass is 16.4. The number of hydrogen-bond donors (Lipinski definition) is 1. The van der Waals surface area contributed by atoms with Gasteiger partial charge in [0.1, 0.15) is 0 Å². The lowest BCUT2D eigenvalue weighted by atomic mass is 10.0. The van der Waals surface area contributed by atoms with Gasteiger partial charge in [0.15, 0.2) is 0 Å². The zero-order chi connectivity index (χ0) is 13.5. The molecule has 0 aliphatic rings. The quantitative estimate of drug-likeness (QED) is 0.348. The first-order valence-electron chi connectivity index (χ1n) is 7.99. The Morgan fingerprint density at radius 1 is 0.684 bits per heavy atom. The Kier molecular flexibility index (Phi) is 19.2. The fraction of sp³-hybridized carbons (Fsp3) is 0.938. The standard InChI is InChI=1S/C16H32O2.B/c1-2-3-4-5-6-7-8-9-10-11-12-13-14-15-16(17)18;/h2-15H2,1H3,(H,17,18);. The second-order valence-electron chi connectivity index (χ2n) is 5.39. The number of hydrogen-bond acceptors (Lipinski definition) is 1. The molecule has 0 unspecified atom stereocenters. The monoisotopic (exact) mass is 267 g/mol. The molecule has 0 aromatic carbocycles. The van der Waals surface area contributed by atoms with E-state index in [1.165, 1.54) is 70.6 Å². The van der Waals surface area contributed by atoms with Crippen LogP contribution in [0.4, 0.5) is 0 Å². The molecule has 0 saturated heterocycles. The SMILES string of the molecule is CCCCCCCCCCCCCCCC(=O)O.[B]. The van der Waals surface area contributed by atoms with Gasteiger partial charge in [0, 0.05) is 14.8 Å². The highest BCUT2D eigenvalue weighted by Crippen LogP contribution is 2.12. The van der Waals surface area contributed by atoms with Crippen molar-refractivity contribution in [2.24, 2.45) is 0 Å². The average molecular weight is 267 g/mol. The predicted molar refractivity (Wildman–Crippen MR) is 83.7 cm³/mol. The van der Waals surface area contributed by atoms with Gasteiger partial charge in [-0.15, -0.1) is 0 Å². The first kappa shape index (κ1) is 20.8. The summed E-state index contributed by atoms with van der Waals surface area (Å²) in [6, 6.07) is 0. The van der Waals surface area contributed by atoms with Crippen LogP contribution in [0.25, 0.3) is 0 Å². The number of aliphatic carboxylic acids is 1. The smallest absolute Gasteiger partial charge is 0.303 e. The van der Waals surface area contributed by atoms with Crippen molar-refractivity contribution in [3.63, 3.8) is 0 Å². The molecule has 0 saturated carbocycles. The summed E-state index contributed by atoms with van der Waals surface area (Å²) in [5.41, 5.74) is 0. The van der Waals surface area contributed by atoms with Crippen LogP contribution in [0.3, 0.4) is 0 Å². The van der Waals surface area contributed by atoms with Crippen LogP contribution in [0.2, 0.25) is 0 Å². The summed E-state index contributed by atoms with van der Waals surface area (Å²) >= 11 is 0. The molecule has 111 valence electrons. The van der Waals surface area contributed by atoms with Crippen LogP contribution in [0, 0.1) is 0 Å². The van der Waals surface area contributed by atoms with Gasteiger partial charge in [0.2, 0.25) is 0 Å². The summed E-state index contributed by atoms with van der Waals surface area (Å²) < 4.78 is 0. The lowest BCUT2D eigenvalue weighted by Gasteiger charge is -2.02. The summed E-state index contributed by atoms with van der Waals surface area (Å²) in [6.45, 7) is 2.26. The van der Waals surface area contributed by atoms with Gasteiger partial charge in [-0.3, -0.25) is 4.79 Å². The summed E-state index contributed by atoms with van der Waals surface area (Å²) in [4.78, 5) is 10.3. The van der Waals surface area contributed by atoms with E-state index in [-0.39, 0.29) is 8.41 Å². The fourth-order valence-electron chi connectivity index (χ4n) is 2.29. The number of carboxylic acids is 1. The normalized spacial score (nSPS) is 10.2. The Labute approximate surface area is 121 Å².